The van der Waals surface area contributed by atoms with Crippen LogP contribution in [0.3, 0.4) is 0 Å². The SMILES string of the molecule is CSCCC(C)NCc1cc(C)c(Br)s1. The van der Waals surface area contributed by atoms with Crippen molar-refractivity contribution < 1.29 is 0 Å². The van der Waals surface area contributed by atoms with Gasteiger partial charge in [0.1, 0.15) is 0 Å². The fourth-order valence-corrected chi connectivity index (χ4v) is 3.45. The summed E-state index contributed by atoms with van der Waals surface area (Å²) in [4.78, 5) is 1.41. The van der Waals surface area contributed by atoms with Crippen LogP contribution in [0.5, 0.6) is 0 Å². The average molecular weight is 308 g/mol. The molecule has 15 heavy (non-hydrogen) atoms. The van der Waals surface area contributed by atoms with Crippen molar-refractivity contribution in [2.75, 3.05) is 12.0 Å². The number of thiophene rings is 1. The maximum Gasteiger partial charge on any atom is 0.0730 e. The predicted octanol–water partition coefficient (Wildman–Crippen LogP) is 4.05. The smallest absolute Gasteiger partial charge is 0.0730 e. The number of hydrogen-bond donors (Lipinski definition) is 1. The molecule has 1 nitrogen and oxygen atoms in total. The Bertz CT molecular complexity index is 279. The number of halogens is 1. The summed E-state index contributed by atoms with van der Waals surface area (Å²) >= 11 is 7.29. The van der Waals surface area contributed by atoms with Gasteiger partial charge in [0.05, 0.1) is 3.79 Å². The molecular formula is C11H18BrNS2. The van der Waals surface area contributed by atoms with Crippen LogP contribution < -0.4 is 5.32 Å². The molecule has 1 unspecified atom stereocenters. The Labute approximate surface area is 109 Å². The zero-order chi connectivity index (χ0) is 11.3. The normalized spacial score (nSPS) is 13.1. The molecule has 0 saturated carbocycles. The molecule has 0 fully saturated rings. The molecule has 0 radical (unpaired) electrons. The minimum Gasteiger partial charge on any atom is -0.309 e. The number of hydrogen-bond acceptors (Lipinski definition) is 3. The first-order valence-corrected chi connectivity index (χ1v) is 8.11. The molecule has 1 N–H and O–H groups in total. The number of rotatable bonds is 6. The highest BCUT2D eigenvalue weighted by atomic mass is 79.9. The predicted molar refractivity (Wildman–Crippen MR) is 76.1 cm³/mol. The van der Waals surface area contributed by atoms with Gasteiger partial charge in [-0.3, -0.25) is 0 Å². The van der Waals surface area contributed by atoms with Gasteiger partial charge in [0.25, 0.3) is 0 Å². The molecule has 86 valence electrons. The second kappa shape index (κ2) is 6.94. The molecule has 1 aromatic rings. The fourth-order valence-electron chi connectivity index (χ4n) is 1.28. The first-order chi connectivity index (χ1) is 7.13. The quantitative estimate of drug-likeness (QED) is 0.851. The van der Waals surface area contributed by atoms with Gasteiger partial charge < -0.3 is 5.32 Å². The van der Waals surface area contributed by atoms with Crippen molar-refractivity contribution in [3.05, 3.63) is 20.3 Å². The van der Waals surface area contributed by atoms with Crippen LogP contribution in [0.4, 0.5) is 0 Å². The van der Waals surface area contributed by atoms with Gasteiger partial charge in [-0.1, -0.05) is 0 Å². The van der Waals surface area contributed by atoms with Crippen LogP contribution in [0.2, 0.25) is 0 Å². The van der Waals surface area contributed by atoms with E-state index in [1.54, 1.807) is 0 Å². The highest BCUT2D eigenvalue weighted by Gasteiger charge is 2.05. The zero-order valence-electron chi connectivity index (χ0n) is 9.47. The Morgan fingerprint density at radius 2 is 2.33 bits per heavy atom. The van der Waals surface area contributed by atoms with Crippen molar-refractivity contribution in [1.29, 1.82) is 0 Å². The third-order valence-corrected chi connectivity index (χ3v) is 5.07. The van der Waals surface area contributed by atoms with Crippen LogP contribution in [-0.2, 0) is 6.54 Å². The monoisotopic (exact) mass is 307 g/mol. The van der Waals surface area contributed by atoms with E-state index in [1.165, 1.54) is 26.4 Å². The van der Waals surface area contributed by atoms with Crippen molar-refractivity contribution in [2.45, 2.75) is 32.9 Å². The number of aryl methyl sites for hydroxylation is 1. The number of thioether (sulfide) groups is 1. The van der Waals surface area contributed by atoms with Crippen LogP contribution in [0.15, 0.2) is 9.85 Å². The van der Waals surface area contributed by atoms with Crippen LogP contribution >= 0.6 is 39.0 Å². The summed E-state index contributed by atoms with van der Waals surface area (Å²) < 4.78 is 1.26. The molecule has 0 aliphatic carbocycles. The van der Waals surface area contributed by atoms with E-state index in [0.717, 1.165) is 6.54 Å². The van der Waals surface area contributed by atoms with Gasteiger partial charge in [-0.25, -0.2) is 0 Å². The van der Waals surface area contributed by atoms with E-state index in [0.29, 0.717) is 6.04 Å². The van der Waals surface area contributed by atoms with Crippen LogP contribution in [0.25, 0.3) is 0 Å². The van der Waals surface area contributed by atoms with E-state index in [9.17, 15) is 0 Å². The molecular weight excluding hydrogens is 290 g/mol. The third kappa shape index (κ3) is 4.89. The molecule has 0 aliphatic heterocycles. The Morgan fingerprint density at radius 1 is 1.60 bits per heavy atom. The highest BCUT2D eigenvalue weighted by Crippen LogP contribution is 2.27. The Hall–Kier alpha value is 0.490. The molecule has 0 aromatic carbocycles. The van der Waals surface area contributed by atoms with Gasteiger partial charge in [0.15, 0.2) is 0 Å². The van der Waals surface area contributed by atoms with Crippen molar-refractivity contribution in [3.8, 4) is 0 Å². The fraction of sp³-hybridized carbons (Fsp3) is 0.636. The lowest BCUT2D eigenvalue weighted by Crippen LogP contribution is -2.25. The lowest BCUT2D eigenvalue weighted by Gasteiger charge is -2.11. The molecule has 0 aliphatic rings. The molecule has 1 rings (SSSR count). The minimum atomic E-state index is 0.610. The van der Waals surface area contributed by atoms with Crippen molar-refractivity contribution >= 4 is 39.0 Å². The molecule has 0 saturated heterocycles. The molecule has 1 atom stereocenters. The first-order valence-electron chi connectivity index (χ1n) is 5.10. The molecule has 0 spiro atoms. The van der Waals surface area contributed by atoms with Crippen molar-refractivity contribution in [3.63, 3.8) is 0 Å². The van der Waals surface area contributed by atoms with Crippen LogP contribution in [-0.4, -0.2) is 18.1 Å². The van der Waals surface area contributed by atoms with Gasteiger partial charge in [-0.15, -0.1) is 11.3 Å². The van der Waals surface area contributed by atoms with E-state index in [4.69, 9.17) is 0 Å². The zero-order valence-corrected chi connectivity index (χ0v) is 12.7. The van der Waals surface area contributed by atoms with Gasteiger partial charge in [0, 0.05) is 17.5 Å². The number of nitrogens with one attached hydrogen (secondary N) is 1. The lowest BCUT2D eigenvalue weighted by atomic mass is 10.2. The Morgan fingerprint density at radius 3 is 2.87 bits per heavy atom. The van der Waals surface area contributed by atoms with Crippen molar-refractivity contribution in [2.24, 2.45) is 0 Å². The van der Waals surface area contributed by atoms with E-state index >= 15 is 0 Å². The van der Waals surface area contributed by atoms with Crippen LogP contribution in [0.1, 0.15) is 23.8 Å². The standard InChI is InChI=1S/C11H18BrNS2/c1-8-6-10(15-11(8)12)7-13-9(2)4-5-14-3/h6,9,13H,4-5,7H2,1-3H3. The Kier molecular flexibility index (Phi) is 6.27. The van der Waals surface area contributed by atoms with Gasteiger partial charge in [-0.05, 0) is 59.8 Å². The summed E-state index contributed by atoms with van der Waals surface area (Å²) in [7, 11) is 0. The molecule has 0 amide bonds. The summed E-state index contributed by atoms with van der Waals surface area (Å²) in [5, 5.41) is 3.55. The second-order valence-electron chi connectivity index (χ2n) is 3.73. The van der Waals surface area contributed by atoms with Gasteiger partial charge >= 0.3 is 0 Å². The molecule has 4 heteroatoms. The average Bonchev–Trinajstić information content (AvgIpc) is 2.52. The third-order valence-electron chi connectivity index (χ3n) is 2.29. The maximum absolute atomic E-state index is 3.55. The lowest BCUT2D eigenvalue weighted by molar-refractivity contribution is 0.540. The van der Waals surface area contributed by atoms with Gasteiger partial charge in [0.2, 0.25) is 0 Å². The molecule has 1 heterocycles. The topological polar surface area (TPSA) is 12.0 Å². The minimum absolute atomic E-state index is 0.610. The molecule has 1 aromatic heterocycles. The summed E-state index contributed by atoms with van der Waals surface area (Å²) in [5.74, 6) is 1.24. The van der Waals surface area contributed by atoms with Gasteiger partial charge in [-0.2, -0.15) is 11.8 Å². The van der Waals surface area contributed by atoms with E-state index < -0.39 is 0 Å². The highest BCUT2D eigenvalue weighted by molar-refractivity contribution is 9.11. The van der Waals surface area contributed by atoms with Crippen molar-refractivity contribution in [1.82, 2.24) is 5.32 Å². The summed E-state index contributed by atoms with van der Waals surface area (Å²) in [6.07, 6.45) is 3.40. The Balaban J connectivity index is 2.30. The second-order valence-corrected chi connectivity index (χ2v) is 7.17. The summed E-state index contributed by atoms with van der Waals surface area (Å²) in [6, 6.07) is 2.86. The first kappa shape index (κ1) is 13.6. The van der Waals surface area contributed by atoms with E-state index in [1.807, 2.05) is 23.1 Å². The van der Waals surface area contributed by atoms with Crippen LogP contribution in [0, 0.1) is 6.92 Å². The summed E-state index contributed by atoms with van der Waals surface area (Å²) in [6.45, 7) is 5.39. The largest absolute Gasteiger partial charge is 0.309 e. The van der Waals surface area contributed by atoms with E-state index in [2.05, 4.69) is 47.4 Å². The van der Waals surface area contributed by atoms with E-state index in [-0.39, 0.29) is 0 Å². The summed E-state index contributed by atoms with van der Waals surface area (Å²) in [5.41, 5.74) is 1.34. The molecule has 0 bridgehead atoms. The maximum atomic E-state index is 3.55.